The number of benzene rings is 1. The highest BCUT2D eigenvalue weighted by molar-refractivity contribution is 5.61. The zero-order valence-electron chi connectivity index (χ0n) is 8.95. The Kier molecular flexibility index (Phi) is 2.51. The van der Waals surface area contributed by atoms with E-state index in [2.05, 4.69) is 25.2 Å². The van der Waals surface area contributed by atoms with E-state index in [1.54, 1.807) is 6.07 Å². The molecule has 3 nitrogen and oxygen atoms in total. The minimum Gasteiger partial charge on any atom is -0.489 e. The van der Waals surface area contributed by atoms with E-state index in [9.17, 15) is 0 Å². The number of rotatable bonds is 1. The number of fused-ring (bicyclic) bond motifs is 1. The minimum atomic E-state index is 0.325. The lowest BCUT2D eigenvalue weighted by molar-refractivity contribution is 0.257. The quantitative estimate of drug-likeness (QED) is 0.760. The van der Waals surface area contributed by atoms with Gasteiger partial charge in [0.15, 0.2) is 0 Å². The van der Waals surface area contributed by atoms with Crippen LogP contribution in [-0.4, -0.2) is 12.6 Å². The Morgan fingerprint density at radius 1 is 1.53 bits per heavy atom. The Morgan fingerprint density at radius 2 is 2.33 bits per heavy atom. The summed E-state index contributed by atoms with van der Waals surface area (Å²) in [6.45, 7) is 5.00. The number of hydrogen-bond acceptors (Lipinski definition) is 3. The fraction of sp³-hybridized carbons (Fsp3) is 0.417. The Hall–Kier alpha value is -1.69. The van der Waals surface area contributed by atoms with Crippen molar-refractivity contribution in [3.8, 4) is 11.8 Å². The van der Waals surface area contributed by atoms with Crippen LogP contribution in [0.15, 0.2) is 18.2 Å². The first-order valence-corrected chi connectivity index (χ1v) is 5.14. The van der Waals surface area contributed by atoms with Gasteiger partial charge >= 0.3 is 0 Å². The number of nitrogens with one attached hydrogen (secondary N) is 1. The molecule has 0 amide bonds. The van der Waals surface area contributed by atoms with Crippen LogP contribution in [0.25, 0.3) is 0 Å². The maximum Gasteiger partial charge on any atom is 0.142 e. The minimum absolute atomic E-state index is 0.325. The standard InChI is InChI=1S/C12H14N2O/c1-8(2)11-7-15-12-4-3-9(6-13)5-10(12)14-11/h3-5,8,11,14H,7H2,1-2H3. The molecule has 0 radical (unpaired) electrons. The van der Waals surface area contributed by atoms with Gasteiger partial charge in [-0.2, -0.15) is 5.26 Å². The van der Waals surface area contributed by atoms with Crippen molar-refractivity contribution in [1.29, 1.82) is 5.26 Å². The van der Waals surface area contributed by atoms with Crippen LogP contribution in [0.1, 0.15) is 19.4 Å². The van der Waals surface area contributed by atoms with Crippen molar-refractivity contribution in [1.82, 2.24) is 0 Å². The van der Waals surface area contributed by atoms with Crippen LogP contribution in [0.3, 0.4) is 0 Å². The molecule has 1 unspecified atom stereocenters. The molecule has 0 aliphatic carbocycles. The van der Waals surface area contributed by atoms with E-state index >= 15 is 0 Å². The van der Waals surface area contributed by atoms with Gasteiger partial charge < -0.3 is 10.1 Å². The molecular formula is C12H14N2O. The van der Waals surface area contributed by atoms with E-state index in [4.69, 9.17) is 10.00 Å². The SMILES string of the molecule is CC(C)C1COc2ccc(C#N)cc2N1. The Balaban J connectivity index is 2.28. The van der Waals surface area contributed by atoms with Crippen LogP contribution in [0.2, 0.25) is 0 Å². The molecule has 0 bridgehead atoms. The highest BCUT2D eigenvalue weighted by atomic mass is 16.5. The third kappa shape index (κ3) is 1.89. The normalized spacial score (nSPS) is 18.7. The van der Waals surface area contributed by atoms with Gasteiger partial charge in [0.2, 0.25) is 0 Å². The van der Waals surface area contributed by atoms with Crippen molar-refractivity contribution in [2.75, 3.05) is 11.9 Å². The molecule has 1 aliphatic heterocycles. The lowest BCUT2D eigenvalue weighted by atomic mass is 10.0. The predicted molar refractivity (Wildman–Crippen MR) is 58.9 cm³/mol. The third-order valence-electron chi connectivity index (χ3n) is 2.67. The van der Waals surface area contributed by atoms with Gasteiger partial charge in [-0.1, -0.05) is 13.8 Å². The molecule has 3 heteroatoms. The number of ether oxygens (including phenoxy) is 1. The monoisotopic (exact) mass is 202 g/mol. The summed E-state index contributed by atoms with van der Waals surface area (Å²) in [6.07, 6.45) is 0. The lowest BCUT2D eigenvalue weighted by Gasteiger charge is -2.30. The first kappa shape index (κ1) is 9.85. The van der Waals surface area contributed by atoms with E-state index in [1.807, 2.05) is 12.1 Å². The zero-order valence-corrected chi connectivity index (χ0v) is 8.95. The maximum atomic E-state index is 8.80. The van der Waals surface area contributed by atoms with Crippen molar-refractivity contribution >= 4 is 5.69 Å². The molecule has 15 heavy (non-hydrogen) atoms. The first-order valence-electron chi connectivity index (χ1n) is 5.14. The van der Waals surface area contributed by atoms with Gasteiger partial charge in [-0.05, 0) is 24.1 Å². The molecule has 0 saturated carbocycles. The van der Waals surface area contributed by atoms with Gasteiger partial charge in [0.05, 0.1) is 23.4 Å². The summed E-state index contributed by atoms with van der Waals surface area (Å²) in [6, 6.07) is 7.91. The van der Waals surface area contributed by atoms with Gasteiger partial charge in [-0.3, -0.25) is 0 Å². The molecule has 1 atom stereocenters. The zero-order chi connectivity index (χ0) is 10.8. The van der Waals surface area contributed by atoms with Crippen LogP contribution < -0.4 is 10.1 Å². The Morgan fingerprint density at radius 3 is 3.00 bits per heavy atom. The van der Waals surface area contributed by atoms with Crippen molar-refractivity contribution < 1.29 is 4.74 Å². The summed E-state index contributed by atoms with van der Waals surface area (Å²) in [5.74, 6) is 1.36. The van der Waals surface area contributed by atoms with Crippen molar-refractivity contribution in [3.63, 3.8) is 0 Å². The molecule has 0 saturated heterocycles. The molecular weight excluding hydrogens is 188 g/mol. The summed E-state index contributed by atoms with van der Waals surface area (Å²) in [7, 11) is 0. The van der Waals surface area contributed by atoms with Gasteiger partial charge in [0, 0.05) is 0 Å². The molecule has 1 heterocycles. The fourth-order valence-electron chi connectivity index (χ4n) is 1.62. The molecule has 0 aromatic heterocycles. The van der Waals surface area contributed by atoms with Crippen LogP contribution >= 0.6 is 0 Å². The average Bonchev–Trinajstić information content (AvgIpc) is 2.27. The van der Waals surface area contributed by atoms with Crippen molar-refractivity contribution in [2.45, 2.75) is 19.9 Å². The molecule has 0 spiro atoms. The largest absolute Gasteiger partial charge is 0.489 e. The van der Waals surface area contributed by atoms with Gasteiger partial charge in [-0.15, -0.1) is 0 Å². The smallest absolute Gasteiger partial charge is 0.142 e. The van der Waals surface area contributed by atoms with Crippen LogP contribution in [0.4, 0.5) is 5.69 Å². The number of nitriles is 1. The van der Waals surface area contributed by atoms with Crippen molar-refractivity contribution in [3.05, 3.63) is 23.8 Å². The van der Waals surface area contributed by atoms with Crippen molar-refractivity contribution in [2.24, 2.45) is 5.92 Å². The second-order valence-corrected chi connectivity index (χ2v) is 4.13. The summed E-state index contributed by atoms with van der Waals surface area (Å²) < 4.78 is 5.62. The Bertz CT molecular complexity index is 407. The second-order valence-electron chi connectivity index (χ2n) is 4.13. The topological polar surface area (TPSA) is 45.0 Å². The predicted octanol–water partition coefficient (Wildman–Crippen LogP) is 2.39. The summed E-state index contributed by atoms with van der Waals surface area (Å²) in [4.78, 5) is 0. The summed E-state index contributed by atoms with van der Waals surface area (Å²) >= 11 is 0. The molecule has 1 aromatic carbocycles. The van der Waals surface area contributed by atoms with Gasteiger partial charge in [-0.25, -0.2) is 0 Å². The Labute approximate surface area is 89.7 Å². The van der Waals surface area contributed by atoms with E-state index < -0.39 is 0 Å². The highest BCUT2D eigenvalue weighted by Gasteiger charge is 2.21. The highest BCUT2D eigenvalue weighted by Crippen LogP contribution is 2.31. The molecule has 1 aliphatic rings. The molecule has 2 rings (SSSR count). The molecule has 1 N–H and O–H groups in total. The fourth-order valence-corrected chi connectivity index (χ4v) is 1.62. The molecule has 78 valence electrons. The van der Waals surface area contributed by atoms with Crippen LogP contribution in [0.5, 0.6) is 5.75 Å². The maximum absolute atomic E-state index is 8.80. The van der Waals surface area contributed by atoms with E-state index in [0.717, 1.165) is 11.4 Å². The second kappa shape index (κ2) is 3.82. The van der Waals surface area contributed by atoms with E-state index in [0.29, 0.717) is 24.1 Å². The van der Waals surface area contributed by atoms with Crippen LogP contribution in [-0.2, 0) is 0 Å². The third-order valence-corrected chi connectivity index (χ3v) is 2.67. The number of hydrogen-bond donors (Lipinski definition) is 1. The van der Waals surface area contributed by atoms with Gasteiger partial charge in [0.25, 0.3) is 0 Å². The lowest BCUT2D eigenvalue weighted by Crippen LogP contribution is -2.35. The van der Waals surface area contributed by atoms with E-state index in [1.165, 1.54) is 0 Å². The number of nitrogens with zero attached hydrogens (tertiary/aromatic N) is 1. The molecule has 1 aromatic rings. The molecule has 0 fully saturated rings. The van der Waals surface area contributed by atoms with Crippen LogP contribution in [0, 0.1) is 17.2 Å². The summed E-state index contributed by atoms with van der Waals surface area (Å²) in [5.41, 5.74) is 1.59. The summed E-state index contributed by atoms with van der Waals surface area (Å²) in [5, 5.41) is 12.2. The number of anilines is 1. The van der Waals surface area contributed by atoms with E-state index in [-0.39, 0.29) is 0 Å². The van der Waals surface area contributed by atoms with Gasteiger partial charge in [0.1, 0.15) is 12.4 Å². The average molecular weight is 202 g/mol. The first-order chi connectivity index (χ1) is 7.20.